The van der Waals surface area contributed by atoms with Gasteiger partial charge in [-0.3, -0.25) is 9.69 Å². The molecule has 0 N–H and O–H groups in total. The first kappa shape index (κ1) is 21.9. The van der Waals surface area contributed by atoms with E-state index in [1.165, 1.54) is 16.7 Å². The van der Waals surface area contributed by atoms with E-state index >= 15 is 0 Å². The van der Waals surface area contributed by atoms with Crippen molar-refractivity contribution in [2.24, 2.45) is 0 Å². The van der Waals surface area contributed by atoms with Crippen molar-refractivity contribution in [1.82, 2.24) is 4.90 Å². The average Bonchev–Trinajstić information content (AvgIpc) is 3.02. The number of rotatable bonds is 10. The molecule has 0 saturated carbocycles. The quantitative estimate of drug-likeness (QED) is 0.226. The highest BCUT2D eigenvalue weighted by atomic mass is 32.2. The van der Waals surface area contributed by atoms with Gasteiger partial charge < -0.3 is 14.2 Å². The molecule has 0 unspecified atom stereocenters. The molecule has 0 spiro atoms. The van der Waals surface area contributed by atoms with Gasteiger partial charge in [0.15, 0.2) is 11.5 Å². The Morgan fingerprint density at radius 3 is 2.37 bits per heavy atom. The minimum absolute atomic E-state index is 0.107. The normalized spacial score (nSPS) is 14.8. The molecule has 2 aromatic rings. The summed E-state index contributed by atoms with van der Waals surface area (Å²) in [4.78, 5) is 14.7. The fraction of sp³-hybridized carbons (Fsp3) is 0.217. The van der Waals surface area contributed by atoms with Crippen LogP contribution in [0.25, 0.3) is 6.08 Å². The van der Waals surface area contributed by atoms with Crippen LogP contribution in [0.15, 0.2) is 66.1 Å². The third-order valence-corrected chi connectivity index (χ3v) is 5.64. The molecule has 1 amide bonds. The van der Waals surface area contributed by atoms with Crippen LogP contribution in [0.5, 0.6) is 17.2 Å². The molecule has 2 aromatic carbocycles. The van der Waals surface area contributed by atoms with Crippen LogP contribution in [-0.4, -0.2) is 42.0 Å². The molecule has 0 radical (unpaired) electrons. The monoisotopic (exact) mass is 441 g/mol. The van der Waals surface area contributed by atoms with Crippen molar-refractivity contribution < 1.29 is 19.0 Å². The Morgan fingerprint density at radius 1 is 1.03 bits per heavy atom. The minimum atomic E-state index is -0.107. The number of ether oxygens (including phenoxy) is 3. The van der Waals surface area contributed by atoms with Crippen LogP contribution < -0.4 is 14.2 Å². The van der Waals surface area contributed by atoms with E-state index in [4.69, 9.17) is 26.4 Å². The first-order chi connectivity index (χ1) is 14.6. The zero-order chi connectivity index (χ0) is 21.3. The molecule has 1 aliphatic heterocycles. The van der Waals surface area contributed by atoms with Crippen molar-refractivity contribution in [3.8, 4) is 17.2 Å². The first-order valence-electron chi connectivity index (χ1n) is 9.48. The topological polar surface area (TPSA) is 48.0 Å². The number of amides is 1. The molecule has 1 heterocycles. The van der Waals surface area contributed by atoms with Gasteiger partial charge in [0.1, 0.15) is 10.1 Å². The number of hydrogen-bond acceptors (Lipinski definition) is 6. The highest BCUT2D eigenvalue weighted by Gasteiger charge is 2.31. The van der Waals surface area contributed by atoms with Gasteiger partial charge in [-0.15, -0.1) is 6.58 Å². The van der Waals surface area contributed by atoms with Crippen LogP contribution in [0.2, 0.25) is 0 Å². The van der Waals surface area contributed by atoms with Gasteiger partial charge in [0, 0.05) is 18.5 Å². The van der Waals surface area contributed by atoms with Crippen LogP contribution in [0.3, 0.4) is 0 Å². The van der Waals surface area contributed by atoms with Crippen LogP contribution in [0.4, 0.5) is 0 Å². The van der Waals surface area contributed by atoms with Crippen LogP contribution in [-0.2, 0) is 4.79 Å². The molecule has 30 heavy (non-hydrogen) atoms. The fourth-order valence-electron chi connectivity index (χ4n) is 2.82. The SMILES string of the molecule is C=CCN1C(=O)/C(=C\c2ccccc2OCCCOc2ccccc2OC)SC1=S. The molecule has 0 atom stereocenters. The van der Waals surface area contributed by atoms with E-state index in [0.29, 0.717) is 52.7 Å². The van der Waals surface area contributed by atoms with Gasteiger partial charge in [-0.05, 0) is 24.3 Å². The lowest BCUT2D eigenvalue weighted by Crippen LogP contribution is -2.27. The molecule has 0 bridgehead atoms. The summed E-state index contributed by atoms with van der Waals surface area (Å²) in [5, 5.41) is 0. The van der Waals surface area contributed by atoms with Crippen LogP contribution in [0, 0.1) is 0 Å². The highest BCUT2D eigenvalue weighted by molar-refractivity contribution is 8.26. The lowest BCUT2D eigenvalue weighted by molar-refractivity contribution is -0.121. The number of hydrogen-bond donors (Lipinski definition) is 0. The summed E-state index contributed by atoms with van der Waals surface area (Å²) in [7, 11) is 1.62. The zero-order valence-electron chi connectivity index (χ0n) is 16.7. The number of benzene rings is 2. The number of carbonyl (C=O) groups is 1. The number of thiocarbonyl (C=S) groups is 1. The Bertz CT molecular complexity index is 958. The molecule has 1 fully saturated rings. The Labute approximate surface area is 186 Å². The number of methoxy groups -OCH3 is 1. The molecule has 156 valence electrons. The minimum Gasteiger partial charge on any atom is -0.493 e. The predicted octanol–water partition coefficient (Wildman–Crippen LogP) is 4.93. The van der Waals surface area contributed by atoms with Crippen molar-refractivity contribution >= 4 is 40.3 Å². The average molecular weight is 442 g/mol. The molecule has 5 nitrogen and oxygen atoms in total. The van der Waals surface area contributed by atoms with Gasteiger partial charge in [0.05, 0.1) is 25.2 Å². The third-order valence-electron chi connectivity index (χ3n) is 4.26. The summed E-state index contributed by atoms with van der Waals surface area (Å²) >= 11 is 6.58. The van der Waals surface area contributed by atoms with Crippen LogP contribution in [0.1, 0.15) is 12.0 Å². The molecule has 3 rings (SSSR count). The summed E-state index contributed by atoms with van der Waals surface area (Å²) in [5.74, 6) is 2.02. The smallest absolute Gasteiger partial charge is 0.266 e. The van der Waals surface area contributed by atoms with Gasteiger partial charge in [0.2, 0.25) is 0 Å². The number of nitrogens with zero attached hydrogens (tertiary/aromatic N) is 1. The lowest BCUT2D eigenvalue weighted by atomic mass is 10.2. The summed E-state index contributed by atoms with van der Waals surface area (Å²) in [6.45, 7) is 5.07. The first-order valence-corrected chi connectivity index (χ1v) is 10.7. The summed E-state index contributed by atoms with van der Waals surface area (Å²) < 4.78 is 17.5. The summed E-state index contributed by atoms with van der Waals surface area (Å²) in [6, 6.07) is 15.2. The van der Waals surface area contributed by atoms with Crippen molar-refractivity contribution in [3.05, 3.63) is 71.7 Å². The van der Waals surface area contributed by atoms with E-state index in [-0.39, 0.29) is 5.91 Å². The van der Waals surface area contributed by atoms with E-state index in [2.05, 4.69) is 6.58 Å². The number of carbonyl (C=O) groups excluding carboxylic acids is 1. The lowest BCUT2D eigenvalue weighted by Gasteiger charge is -2.12. The Kier molecular flexibility index (Phi) is 7.93. The van der Waals surface area contributed by atoms with E-state index < -0.39 is 0 Å². The molecule has 1 saturated heterocycles. The van der Waals surface area contributed by atoms with Crippen molar-refractivity contribution in [3.63, 3.8) is 0 Å². The molecule has 7 heteroatoms. The van der Waals surface area contributed by atoms with E-state index in [9.17, 15) is 4.79 Å². The van der Waals surface area contributed by atoms with Gasteiger partial charge in [-0.1, -0.05) is 60.4 Å². The second-order valence-corrected chi connectivity index (χ2v) is 8.00. The highest BCUT2D eigenvalue weighted by Crippen LogP contribution is 2.34. The largest absolute Gasteiger partial charge is 0.493 e. The van der Waals surface area contributed by atoms with Gasteiger partial charge in [-0.2, -0.15) is 0 Å². The van der Waals surface area contributed by atoms with Gasteiger partial charge >= 0.3 is 0 Å². The third kappa shape index (κ3) is 5.43. The Hall–Kier alpha value is -2.77. The number of para-hydroxylation sites is 3. The molecule has 0 aromatic heterocycles. The molecule has 1 aliphatic rings. The summed E-state index contributed by atoms with van der Waals surface area (Å²) in [6.07, 6.45) is 4.19. The predicted molar refractivity (Wildman–Crippen MR) is 125 cm³/mol. The van der Waals surface area contributed by atoms with E-state index in [1.54, 1.807) is 13.2 Å². The van der Waals surface area contributed by atoms with Gasteiger partial charge in [-0.25, -0.2) is 0 Å². The van der Waals surface area contributed by atoms with Crippen molar-refractivity contribution in [2.75, 3.05) is 26.9 Å². The fourth-order valence-corrected chi connectivity index (χ4v) is 4.09. The zero-order valence-corrected chi connectivity index (χ0v) is 18.3. The maximum atomic E-state index is 12.5. The Morgan fingerprint density at radius 2 is 1.67 bits per heavy atom. The van der Waals surface area contributed by atoms with Crippen molar-refractivity contribution in [2.45, 2.75) is 6.42 Å². The maximum Gasteiger partial charge on any atom is 0.266 e. The van der Waals surface area contributed by atoms with E-state index in [1.807, 2.05) is 54.6 Å². The van der Waals surface area contributed by atoms with Crippen molar-refractivity contribution in [1.29, 1.82) is 0 Å². The summed E-state index contributed by atoms with van der Waals surface area (Å²) in [5.41, 5.74) is 0.835. The second-order valence-electron chi connectivity index (χ2n) is 6.32. The standard InChI is InChI=1S/C23H23NO4S2/c1-3-13-24-22(25)21(30-23(24)29)16-17-9-4-5-10-18(17)27-14-8-15-28-20-12-7-6-11-19(20)26-2/h3-7,9-12,16H,1,8,13-15H2,2H3/b21-16+. The van der Waals surface area contributed by atoms with Gasteiger partial charge in [0.25, 0.3) is 5.91 Å². The second kappa shape index (κ2) is 10.8. The Balaban J connectivity index is 1.58. The number of thioether (sulfide) groups is 1. The van der Waals surface area contributed by atoms with E-state index in [0.717, 1.165) is 5.56 Å². The van der Waals surface area contributed by atoms with Crippen LogP contribution >= 0.6 is 24.0 Å². The molecular formula is C23H23NO4S2. The molecular weight excluding hydrogens is 418 g/mol. The molecule has 0 aliphatic carbocycles. The maximum absolute atomic E-state index is 12.5.